The zero-order valence-corrected chi connectivity index (χ0v) is 11.5. The van der Waals surface area contributed by atoms with E-state index in [9.17, 15) is 4.79 Å². The summed E-state index contributed by atoms with van der Waals surface area (Å²) in [7, 11) is 0. The van der Waals surface area contributed by atoms with Gasteiger partial charge in [0.25, 0.3) is 0 Å². The zero-order chi connectivity index (χ0) is 13.1. The summed E-state index contributed by atoms with van der Waals surface area (Å²) in [6, 6.07) is 8.12. The Kier molecular flexibility index (Phi) is 4.33. The van der Waals surface area contributed by atoms with E-state index in [-0.39, 0.29) is 11.5 Å². The Morgan fingerprint density at radius 1 is 1.18 bits per heavy atom. The highest BCUT2D eigenvalue weighted by molar-refractivity contribution is 5.82. The second kappa shape index (κ2) is 5.35. The Morgan fingerprint density at radius 2 is 1.71 bits per heavy atom. The van der Waals surface area contributed by atoms with Crippen LogP contribution < -0.4 is 5.32 Å². The fraction of sp³-hybridized carbons (Fsp3) is 0.533. The monoisotopic (exact) mass is 233 g/mol. The first-order chi connectivity index (χ1) is 7.78. The van der Waals surface area contributed by atoms with Crippen LogP contribution in [0.2, 0.25) is 0 Å². The van der Waals surface area contributed by atoms with Crippen molar-refractivity contribution in [2.24, 2.45) is 5.92 Å². The van der Waals surface area contributed by atoms with E-state index in [0.717, 1.165) is 11.3 Å². The van der Waals surface area contributed by atoms with E-state index in [2.05, 4.69) is 26.1 Å². The van der Waals surface area contributed by atoms with Crippen molar-refractivity contribution in [1.29, 1.82) is 0 Å². The summed E-state index contributed by atoms with van der Waals surface area (Å²) in [4.78, 5) is 11.6. The first-order valence-corrected chi connectivity index (χ1v) is 6.18. The van der Waals surface area contributed by atoms with Crippen LogP contribution in [0.3, 0.4) is 0 Å². The molecular formula is C15H23NO. The number of carbonyl (C=O) groups excluding carboxylic acids is 1. The van der Waals surface area contributed by atoms with E-state index in [1.54, 1.807) is 0 Å². The SMILES string of the molecule is CC(C)C(=O)Cc1ccc(NC(C)(C)C)cc1. The van der Waals surface area contributed by atoms with Crippen LogP contribution in [0.1, 0.15) is 40.2 Å². The van der Waals surface area contributed by atoms with E-state index in [4.69, 9.17) is 0 Å². The predicted octanol–water partition coefficient (Wildman–Crippen LogP) is 3.66. The van der Waals surface area contributed by atoms with Gasteiger partial charge in [0.1, 0.15) is 5.78 Å². The van der Waals surface area contributed by atoms with Crippen LogP contribution in [0, 0.1) is 5.92 Å². The van der Waals surface area contributed by atoms with E-state index < -0.39 is 0 Å². The summed E-state index contributed by atoms with van der Waals surface area (Å²) < 4.78 is 0. The molecule has 0 heterocycles. The van der Waals surface area contributed by atoms with E-state index >= 15 is 0 Å². The molecule has 1 rings (SSSR count). The number of rotatable bonds is 4. The van der Waals surface area contributed by atoms with E-state index in [1.165, 1.54) is 0 Å². The minimum absolute atomic E-state index is 0.0648. The van der Waals surface area contributed by atoms with Crippen LogP contribution >= 0.6 is 0 Å². The van der Waals surface area contributed by atoms with Gasteiger partial charge in [0.15, 0.2) is 0 Å². The van der Waals surface area contributed by atoms with Crippen LogP contribution in [-0.2, 0) is 11.2 Å². The summed E-state index contributed by atoms with van der Waals surface area (Å²) in [5.74, 6) is 0.406. The molecule has 0 saturated heterocycles. The van der Waals surface area contributed by atoms with E-state index in [0.29, 0.717) is 12.2 Å². The van der Waals surface area contributed by atoms with Crippen molar-refractivity contribution in [2.75, 3.05) is 5.32 Å². The summed E-state index contributed by atoms with van der Waals surface area (Å²) in [5.41, 5.74) is 2.25. The number of hydrogen-bond donors (Lipinski definition) is 1. The van der Waals surface area contributed by atoms with Crippen molar-refractivity contribution < 1.29 is 4.79 Å². The van der Waals surface area contributed by atoms with Crippen molar-refractivity contribution >= 4 is 11.5 Å². The topological polar surface area (TPSA) is 29.1 Å². The van der Waals surface area contributed by atoms with Crippen molar-refractivity contribution in [3.05, 3.63) is 29.8 Å². The minimum Gasteiger partial charge on any atom is -0.380 e. The van der Waals surface area contributed by atoms with Gasteiger partial charge < -0.3 is 5.32 Å². The van der Waals surface area contributed by atoms with Crippen molar-refractivity contribution in [2.45, 2.75) is 46.6 Å². The molecule has 0 unspecified atom stereocenters. The van der Waals surface area contributed by atoms with Gasteiger partial charge in [0, 0.05) is 23.6 Å². The number of Topliss-reactive ketones (excluding diaryl/α,β-unsaturated/α-hetero) is 1. The van der Waals surface area contributed by atoms with Crippen molar-refractivity contribution in [3.8, 4) is 0 Å². The van der Waals surface area contributed by atoms with Crippen LogP contribution in [-0.4, -0.2) is 11.3 Å². The largest absolute Gasteiger partial charge is 0.380 e. The molecule has 1 N–H and O–H groups in total. The van der Waals surface area contributed by atoms with Gasteiger partial charge in [0.05, 0.1) is 0 Å². The molecule has 0 spiro atoms. The molecule has 17 heavy (non-hydrogen) atoms. The van der Waals surface area contributed by atoms with Crippen LogP contribution in [0.4, 0.5) is 5.69 Å². The highest BCUT2D eigenvalue weighted by Crippen LogP contribution is 2.16. The number of carbonyl (C=O) groups is 1. The summed E-state index contributed by atoms with van der Waals surface area (Å²) in [6.45, 7) is 10.3. The van der Waals surface area contributed by atoms with Gasteiger partial charge in [-0.25, -0.2) is 0 Å². The molecule has 0 aliphatic rings. The molecular weight excluding hydrogens is 210 g/mol. The van der Waals surface area contributed by atoms with Gasteiger partial charge >= 0.3 is 0 Å². The van der Waals surface area contributed by atoms with Crippen LogP contribution in [0.15, 0.2) is 24.3 Å². The fourth-order valence-electron chi connectivity index (χ4n) is 1.54. The summed E-state index contributed by atoms with van der Waals surface area (Å²) in [6.07, 6.45) is 0.535. The Balaban J connectivity index is 2.65. The molecule has 0 radical (unpaired) electrons. The Bertz CT molecular complexity index is 371. The third-order valence-electron chi connectivity index (χ3n) is 2.50. The number of hydrogen-bond acceptors (Lipinski definition) is 2. The second-order valence-electron chi connectivity index (χ2n) is 5.87. The quantitative estimate of drug-likeness (QED) is 0.859. The van der Waals surface area contributed by atoms with Crippen LogP contribution in [0.5, 0.6) is 0 Å². The van der Waals surface area contributed by atoms with Gasteiger partial charge in [-0.05, 0) is 38.5 Å². The number of benzene rings is 1. The lowest BCUT2D eigenvalue weighted by molar-refractivity contribution is -0.121. The van der Waals surface area contributed by atoms with Gasteiger partial charge in [-0.15, -0.1) is 0 Å². The molecule has 94 valence electrons. The number of nitrogens with one attached hydrogen (secondary N) is 1. The maximum absolute atomic E-state index is 11.6. The smallest absolute Gasteiger partial charge is 0.139 e. The van der Waals surface area contributed by atoms with Gasteiger partial charge in [-0.1, -0.05) is 26.0 Å². The molecule has 0 aliphatic heterocycles. The third-order valence-corrected chi connectivity index (χ3v) is 2.50. The van der Waals surface area contributed by atoms with Gasteiger partial charge in [0.2, 0.25) is 0 Å². The zero-order valence-electron chi connectivity index (χ0n) is 11.5. The standard InChI is InChI=1S/C15H23NO/c1-11(2)14(17)10-12-6-8-13(9-7-12)16-15(3,4)5/h6-9,11,16H,10H2,1-5H3. The number of anilines is 1. The maximum atomic E-state index is 11.6. The molecule has 0 saturated carbocycles. The van der Waals surface area contributed by atoms with Gasteiger partial charge in [-0.2, -0.15) is 0 Å². The second-order valence-corrected chi connectivity index (χ2v) is 5.87. The highest BCUT2D eigenvalue weighted by atomic mass is 16.1. The summed E-state index contributed by atoms with van der Waals surface area (Å²) in [5, 5.41) is 3.40. The molecule has 0 fully saturated rings. The molecule has 2 heteroatoms. The molecule has 1 aromatic rings. The van der Waals surface area contributed by atoms with E-state index in [1.807, 2.05) is 38.1 Å². The number of ketones is 1. The molecule has 0 aliphatic carbocycles. The first-order valence-electron chi connectivity index (χ1n) is 6.18. The third kappa shape index (κ3) is 5.03. The molecule has 2 nitrogen and oxygen atoms in total. The molecule has 0 atom stereocenters. The predicted molar refractivity (Wildman–Crippen MR) is 73.4 cm³/mol. The molecule has 1 aromatic carbocycles. The average Bonchev–Trinajstić information content (AvgIpc) is 2.18. The minimum atomic E-state index is 0.0648. The molecule has 0 bridgehead atoms. The lowest BCUT2D eigenvalue weighted by Crippen LogP contribution is -2.25. The Morgan fingerprint density at radius 3 is 2.12 bits per heavy atom. The van der Waals surface area contributed by atoms with Crippen molar-refractivity contribution in [1.82, 2.24) is 0 Å². The average molecular weight is 233 g/mol. The summed E-state index contributed by atoms with van der Waals surface area (Å²) >= 11 is 0. The highest BCUT2D eigenvalue weighted by Gasteiger charge is 2.10. The molecule has 0 aromatic heterocycles. The lowest BCUT2D eigenvalue weighted by atomic mass is 10.0. The Hall–Kier alpha value is -1.31. The lowest BCUT2D eigenvalue weighted by Gasteiger charge is -2.22. The molecule has 0 amide bonds. The maximum Gasteiger partial charge on any atom is 0.139 e. The first kappa shape index (κ1) is 13.8. The van der Waals surface area contributed by atoms with Crippen LogP contribution in [0.25, 0.3) is 0 Å². The fourth-order valence-corrected chi connectivity index (χ4v) is 1.54. The Labute approximate surface area is 104 Å². The van der Waals surface area contributed by atoms with Crippen molar-refractivity contribution in [3.63, 3.8) is 0 Å². The van der Waals surface area contributed by atoms with Gasteiger partial charge in [-0.3, -0.25) is 4.79 Å². The normalized spacial score (nSPS) is 11.6.